The number of alkyl carbamates (subject to hydrolysis) is 1. The van der Waals surface area contributed by atoms with Gasteiger partial charge in [-0.1, -0.05) is 32.4 Å². The van der Waals surface area contributed by atoms with Crippen molar-refractivity contribution in [2.24, 2.45) is 5.92 Å². The monoisotopic (exact) mass is 365 g/mol. The van der Waals surface area contributed by atoms with Gasteiger partial charge < -0.3 is 19.9 Å². The van der Waals surface area contributed by atoms with E-state index < -0.39 is 23.3 Å². The number of aliphatic hydroxyl groups is 1. The van der Waals surface area contributed by atoms with E-state index in [2.05, 4.69) is 19.2 Å². The molecule has 0 fully saturated rings. The van der Waals surface area contributed by atoms with Gasteiger partial charge in [0, 0.05) is 0 Å². The molecule has 148 valence electrons. The van der Waals surface area contributed by atoms with E-state index in [-0.39, 0.29) is 0 Å². The Balaban J connectivity index is 2.81. The number of ether oxygens (including phenoxy) is 2. The number of carbonyl (C=O) groups excluding carboxylic acids is 1. The van der Waals surface area contributed by atoms with Crippen molar-refractivity contribution in [1.29, 1.82) is 0 Å². The van der Waals surface area contributed by atoms with Crippen LogP contribution in [0.3, 0.4) is 0 Å². The Bertz CT molecular complexity index is 555. The van der Waals surface area contributed by atoms with Gasteiger partial charge in [-0.25, -0.2) is 4.79 Å². The lowest BCUT2D eigenvalue weighted by atomic mass is 9.92. The second-order valence-corrected chi connectivity index (χ2v) is 8.51. The molecule has 0 aliphatic heterocycles. The Hall–Kier alpha value is -1.75. The first-order valence-electron chi connectivity index (χ1n) is 9.37. The molecule has 0 heterocycles. The van der Waals surface area contributed by atoms with Gasteiger partial charge in [-0.3, -0.25) is 0 Å². The molecule has 26 heavy (non-hydrogen) atoms. The lowest BCUT2D eigenvalue weighted by molar-refractivity contribution is 0.0163. The largest absolute Gasteiger partial charge is 0.493 e. The van der Waals surface area contributed by atoms with Gasteiger partial charge in [0.15, 0.2) is 0 Å². The summed E-state index contributed by atoms with van der Waals surface area (Å²) in [5, 5.41) is 13.2. The van der Waals surface area contributed by atoms with Gasteiger partial charge in [-0.05, 0) is 64.7 Å². The first-order valence-corrected chi connectivity index (χ1v) is 9.37. The molecule has 0 radical (unpaired) electrons. The summed E-state index contributed by atoms with van der Waals surface area (Å²) in [5.41, 5.74) is -0.951. The Morgan fingerprint density at radius 3 is 2.19 bits per heavy atom. The minimum atomic E-state index is -1.14. The molecule has 0 aliphatic rings. The zero-order valence-electron chi connectivity index (χ0n) is 17.3. The quantitative estimate of drug-likeness (QED) is 0.692. The van der Waals surface area contributed by atoms with Crippen LogP contribution in [-0.4, -0.2) is 29.0 Å². The van der Waals surface area contributed by atoms with E-state index >= 15 is 0 Å². The highest BCUT2D eigenvalue weighted by Crippen LogP contribution is 2.28. The molecule has 0 spiro atoms. The minimum Gasteiger partial charge on any atom is -0.493 e. The Morgan fingerprint density at radius 2 is 1.73 bits per heavy atom. The third kappa shape index (κ3) is 8.09. The van der Waals surface area contributed by atoms with Crippen LogP contribution in [0.5, 0.6) is 5.75 Å². The van der Waals surface area contributed by atoms with Gasteiger partial charge in [-0.2, -0.15) is 0 Å². The van der Waals surface area contributed by atoms with E-state index in [1.54, 1.807) is 34.6 Å². The second kappa shape index (κ2) is 9.26. The molecule has 0 aromatic heterocycles. The second-order valence-electron chi connectivity index (χ2n) is 8.51. The van der Waals surface area contributed by atoms with Crippen LogP contribution in [0, 0.1) is 5.92 Å². The van der Waals surface area contributed by atoms with Crippen molar-refractivity contribution in [2.45, 2.75) is 78.6 Å². The van der Waals surface area contributed by atoms with Crippen molar-refractivity contribution in [3.63, 3.8) is 0 Å². The van der Waals surface area contributed by atoms with Crippen molar-refractivity contribution >= 4 is 6.09 Å². The summed E-state index contributed by atoms with van der Waals surface area (Å²) in [6.45, 7) is 13.7. The normalized spacial score (nSPS) is 14.5. The smallest absolute Gasteiger partial charge is 0.408 e. The predicted molar refractivity (Wildman–Crippen MR) is 104 cm³/mol. The van der Waals surface area contributed by atoms with Gasteiger partial charge in [0.2, 0.25) is 0 Å². The summed E-state index contributed by atoms with van der Waals surface area (Å²) < 4.78 is 11.1. The summed E-state index contributed by atoms with van der Waals surface area (Å²) in [5.74, 6) is 1.29. The fourth-order valence-corrected chi connectivity index (χ4v) is 2.66. The van der Waals surface area contributed by atoms with Crippen molar-refractivity contribution in [2.75, 3.05) is 6.61 Å². The third-order valence-corrected chi connectivity index (χ3v) is 3.90. The van der Waals surface area contributed by atoms with E-state index in [0.29, 0.717) is 12.5 Å². The Labute approximate surface area is 158 Å². The Kier molecular flexibility index (Phi) is 7.94. The molecule has 0 saturated carbocycles. The third-order valence-electron chi connectivity index (χ3n) is 3.90. The van der Waals surface area contributed by atoms with Crippen LogP contribution >= 0.6 is 0 Å². The maximum atomic E-state index is 12.1. The van der Waals surface area contributed by atoms with Crippen molar-refractivity contribution < 1.29 is 19.4 Å². The first-order chi connectivity index (χ1) is 11.9. The fourth-order valence-electron chi connectivity index (χ4n) is 2.66. The maximum Gasteiger partial charge on any atom is 0.408 e. The van der Waals surface area contributed by atoms with Crippen LogP contribution in [0.1, 0.15) is 72.9 Å². The van der Waals surface area contributed by atoms with E-state index in [9.17, 15) is 9.90 Å². The van der Waals surface area contributed by atoms with Crippen LogP contribution in [0.4, 0.5) is 4.79 Å². The zero-order valence-corrected chi connectivity index (χ0v) is 17.3. The number of carbonyl (C=O) groups is 1. The van der Waals surface area contributed by atoms with Gasteiger partial charge >= 0.3 is 6.09 Å². The number of hydrogen-bond acceptors (Lipinski definition) is 4. The van der Waals surface area contributed by atoms with Crippen molar-refractivity contribution in [3.8, 4) is 5.75 Å². The molecule has 0 aliphatic carbocycles. The Morgan fingerprint density at radius 1 is 1.15 bits per heavy atom. The molecule has 0 bridgehead atoms. The van der Waals surface area contributed by atoms with Crippen molar-refractivity contribution in [1.82, 2.24) is 5.32 Å². The number of benzene rings is 1. The highest BCUT2D eigenvalue weighted by molar-refractivity contribution is 5.68. The van der Waals surface area contributed by atoms with Crippen LogP contribution < -0.4 is 10.1 Å². The minimum absolute atomic E-state index is 0.512. The number of nitrogens with one attached hydrogen (secondary N) is 1. The summed E-state index contributed by atoms with van der Waals surface area (Å²) in [6.07, 6.45) is 1.73. The number of rotatable bonds is 8. The molecule has 2 atom stereocenters. The average Bonchev–Trinajstić information content (AvgIpc) is 2.49. The molecule has 2 unspecified atom stereocenters. The van der Waals surface area contributed by atoms with E-state index in [1.165, 1.54) is 0 Å². The van der Waals surface area contributed by atoms with E-state index in [1.807, 2.05) is 24.3 Å². The highest BCUT2D eigenvalue weighted by Gasteiger charge is 2.31. The lowest BCUT2D eigenvalue weighted by Gasteiger charge is -2.31. The molecule has 2 N–H and O–H groups in total. The number of amides is 1. The predicted octanol–water partition coefficient (Wildman–Crippen LogP) is 4.84. The molecule has 5 nitrogen and oxygen atoms in total. The summed E-state index contributed by atoms with van der Waals surface area (Å²) in [7, 11) is 0. The van der Waals surface area contributed by atoms with E-state index in [4.69, 9.17) is 9.47 Å². The molecule has 1 aromatic carbocycles. The molecule has 5 heteroatoms. The van der Waals surface area contributed by atoms with Crippen LogP contribution in [-0.2, 0) is 4.74 Å². The van der Waals surface area contributed by atoms with Crippen LogP contribution in [0.2, 0.25) is 0 Å². The molecule has 1 rings (SSSR count). The van der Waals surface area contributed by atoms with E-state index in [0.717, 1.165) is 24.2 Å². The topological polar surface area (TPSA) is 67.8 Å². The van der Waals surface area contributed by atoms with Gasteiger partial charge in [0.05, 0.1) is 18.2 Å². The highest BCUT2D eigenvalue weighted by atomic mass is 16.6. The van der Waals surface area contributed by atoms with Gasteiger partial charge in [0.25, 0.3) is 0 Å². The fraction of sp³-hybridized carbons (Fsp3) is 0.667. The zero-order chi connectivity index (χ0) is 20.0. The average molecular weight is 366 g/mol. The van der Waals surface area contributed by atoms with Gasteiger partial charge in [-0.15, -0.1) is 0 Å². The van der Waals surface area contributed by atoms with Crippen LogP contribution in [0.15, 0.2) is 24.3 Å². The molecule has 0 saturated heterocycles. The summed E-state index contributed by atoms with van der Waals surface area (Å²) in [6, 6.07) is 6.86. The standard InChI is InChI=1S/C21H35NO4/c1-8-9-15(2)14-25-17-12-10-16(11-13-17)18(21(6,7)24)22-19(23)26-20(3,4)5/h10-13,15,18,24H,8-9,14H2,1-7H3,(H,22,23). The maximum absolute atomic E-state index is 12.1. The molecular weight excluding hydrogens is 330 g/mol. The van der Waals surface area contributed by atoms with Crippen LogP contribution in [0.25, 0.3) is 0 Å². The number of hydrogen-bond donors (Lipinski definition) is 2. The summed E-state index contributed by atoms with van der Waals surface area (Å²) >= 11 is 0. The lowest BCUT2D eigenvalue weighted by Crippen LogP contribution is -2.44. The van der Waals surface area contributed by atoms with Gasteiger partial charge in [0.1, 0.15) is 11.4 Å². The first kappa shape index (κ1) is 22.3. The molecule has 1 aromatic rings. The molecule has 1 amide bonds. The van der Waals surface area contributed by atoms with Crippen molar-refractivity contribution in [3.05, 3.63) is 29.8 Å². The summed E-state index contributed by atoms with van der Waals surface area (Å²) in [4.78, 5) is 12.1. The molecular formula is C21H35NO4. The SMILES string of the molecule is CCCC(C)COc1ccc(C(NC(=O)OC(C)(C)C)C(C)(C)O)cc1.